The Morgan fingerprint density at radius 3 is 2.29 bits per heavy atom. The van der Waals surface area contributed by atoms with Gasteiger partial charge in [0.2, 0.25) is 0 Å². The summed E-state index contributed by atoms with van der Waals surface area (Å²) in [6.07, 6.45) is 5.13. The van der Waals surface area contributed by atoms with Gasteiger partial charge in [-0.3, -0.25) is 9.89 Å². The van der Waals surface area contributed by atoms with E-state index in [1.807, 2.05) is 0 Å². The highest BCUT2D eigenvalue weighted by Crippen LogP contribution is 2.26. The number of rotatable bonds is 7. The Labute approximate surface area is 166 Å². The highest BCUT2D eigenvalue weighted by molar-refractivity contribution is 14.0. The van der Waals surface area contributed by atoms with E-state index in [0.717, 1.165) is 25.1 Å². The smallest absolute Gasteiger partial charge is 0.191 e. The van der Waals surface area contributed by atoms with Crippen molar-refractivity contribution < 1.29 is 0 Å². The molecule has 2 fully saturated rings. The van der Waals surface area contributed by atoms with Crippen molar-refractivity contribution in [3.05, 3.63) is 0 Å². The minimum Gasteiger partial charge on any atom is -0.357 e. The van der Waals surface area contributed by atoms with Gasteiger partial charge in [-0.2, -0.15) is 0 Å². The highest BCUT2D eigenvalue weighted by atomic mass is 127. The van der Waals surface area contributed by atoms with E-state index in [-0.39, 0.29) is 24.0 Å². The number of aliphatic imine (C=N–C) groups is 1. The Kier molecular flexibility index (Phi) is 9.89. The lowest BCUT2D eigenvalue weighted by atomic mass is 10.0. The van der Waals surface area contributed by atoms with Crippen LogP contribution in [0.5, 0.6) is 0 Å². The Balaban J connectivity index is 0.00000288. The van der Waals surface area contributed by atoms with Crippen LogP contribution in [0.2, 0.25) is 0 Å². The molecular formula is C18H38IN5. The SMILES string of the molecule is CCNC(=NCC(C)N(C)C1CC1)NC1CCN(C(C)C)CC1.I. The summed E-state index contributed by atoms with van der Waals surface area (Å²) < 4.78 is 0. The van der Waals surface area contributed by atoms with E-state index < -0.39 is 0 Å². The maximum Gasteiger partial charge on any atom is 0.191 e. The van der Waals surface area contributed by atoms with Crippen molar-refractivity contribution >= 4 is 29.9 Å². The third-order valence-electron chi connectivity index (χ3n) is 5.28. The molecule has 0 bridgehead atoms. The minimum atomic E-state index is 0. The molecule has 1 saturated carbocycles. The number of likely N-dealkylation sites (tertiary alicyclic amines) is 1. The van der Waals surface area contributed by atoms with E-state index in [1.165, 1.54) is 38.8 Å². The maximum atomic E-state index is 4.83. The molecule has 2 N–H and O–H groups in total. The molecule has 24 heavy (non-hydrogen) atoms. The zero-order chi connectivity index (χ0) is 16.8. The van der Waals surface area contributed by atoms with Crippen molar-refractivity contribution in [1.82, 2.24) is 20.4 Å². The first-order valence-electron chi connectivity index (χ1n) is 9.52. The van der Waals surface area contributed by atoms with Crippen LogP contribution in [0.3, 0.4) is 0 Å². The van der Waals surface area contributed by atoms with Crippen molar-refractivity contribution in [3.63, 3.8) is 0 Å². The second-order valence-electron chi connectivity index (χ2n) is 7.51. The Morgan fingerprint density at radius 1 is 1.17 bits per heavy atom. The van der Waals surface area contributed by atoms with Crippen molar-refractivity contribution in [1.29, 1.82) is 0 Å². The summed E-state index contributed by atoms with van der Waals surface area (Å²) in [7, 11) is 2.24. The van der Waals surface area contributed by atoms with Crippen LogP contribution in [0.1, 0.15) is 53.4 Å². The summed E-state index contributed by atoms with van der Waals surface area (Å²) in [5, 5.41) is 7.06. The Morgan fingerprint density at radius 2 is 1.79 bits per heavy atom. The summed E-state index contributed by atoms with van der Waals surface area (Å²) >= 11 is 0. The summed E-state index contributed by atoms with van der Waals surface area (Å²) in [4.78, 5) is 9.88. The maximum absolute atomic E-state index is 4.83. The summed E-state index contributed by atoms with van der Waals surface area (Å²) in [5.41, 5.74) is 0. The summed E-state index contributed by atoms with van der Waals surface area (Å²) in [6, 6.07) is 2.53. The second-order valence-corrected chi connectivity index (χ2v) is 7.51. The highest BCUT2D eigenvalue weighted by Gasteiger charge is 2.29. The van der Waals surface area contributed by atoms with Crippen LogP contribution in [0.25, 0.3) is 0 Å². The zero-order valence-electron chi connectivity index (χ0n) is 16.2. The molecule has 1 heterocycles. The Hall–Kier alpha value is -0.0800. The van der Waals surface area contributed by atoms with Crippen LogP contribution in [-0.4, -0.2) is 73.2 Å². The van der Waals surface area contributed by atoms with Crippen LogP contribution < -0.4 is 10.6 Å². The molecule has 1 saturated heterocycles. The van der Waals surface area contributed by atoms with Crippen LogP contribution in [0.4, 0.5) is 0 Å². The van der Waals surface area contributed by atoms with Gasteiger partial charge in [0.15, 0.2) is 5.96 Å². The molecule has 142 valence electrons. The largest absolute Gasteiger partial charge is 0.357 e. The molecule has 1 unspecified atom stereocenters. The van der Waals surface area contributed by atoms with Gasteiger partial charge in [-0.25, -0.2) is 0 Å². The van der Waals surface area contributed by atoms with E-state index in [0.29, 0.717) is 18.1 Å². The predicted molar refractivity (Wildman–Crippen MR) is 115 cm³/mol. The molecule has 0 aromatic carbocycles. The third kappa shape index (κ3) is 7.04. The first kappa shape index (κ1) is 22.0. The topological polar surface area (TPSA) is 42.9 Å². The summed E-state index contributed by atoms with van der Waals surface area (Å²) in [6.45, 7) is 13.2. The van der Waals surface area contributed by atoms with Gasteiger partial charge < -0.3 is 15.5 Å². The first-order valence-corrected chi connectivity index (χ1v) is 9.52. The number of likely N-dealkylation sites (N-methyl/N-ethyl adjacent to an activating group) is 1. The van der Waals surface area contributed by atoms with Gasteiger partial charge in [-0.1, -0.05) is 0 Å². The molecule has 0 aromatic heterocycles. The number of halogens is 1. The zero-order valence-corrected chi connectivity index (χ0v) is 18.5. The average Bonchev–Trinajstić information content (AvgIpc) is 3.37. The van der Waals surface area contributed by atoms with E-state index in [2.05, 4.69) is 55.2 Å². The lowest BCUT2D eigenvalue weighted by Gasteiger charge is -2.35. The number of nitrogens with one attached hydrogen (secondary N) is 2. The van der Waals surface area contributed by atoms with Gasteiger partial charge in [-0.15, -0.1) is 24.0 Å². The molecule has 0 amide bonds. The molecule has 1 aliphatic carbocycles. The number of nitrogens with zero attached hydrogens (tertiary/aromatic N) is 3. The van der Waals surface area contributed by atoms with E-state index >= 15 is 0 Å². The lowest BCUT2D eigenvalue weighted by Crippen LogP contribution is -2.50. The van der Waals surface area contributed by atoms with Gasteiger partial charge in [-0.05, 0) is 60.4 Å². The first-order chi connectivity index (χ1) is 11.0. The van der Waals surface area contributed by atoms with Crippen LogP contribution in [0.15, 0.2) is 4.99 Å². The molecule has 2 rings (SSSR count). The van der Waals surface area contributed by atoms with Crippen molar-refractivity contribution in [2.24, 2.45) is 4.99 Å². The number of hydrogen-bond acceptors (Lipinski definition) is 3. The minimum absolute atomic E-state index is 0. The van der Waals surface area contributed by atoms with E-state index in [9.17, 15) is 0 Å². The fraction of sp³-hybridized carbons (Fsp3) is 0.944. The molecule has 5 nitrogen and oxygen atoms in total. The number of piperidine rings is 1. The molecule has 1 atom stereocenters. The van der Waals surface area contributed by atoms with Crippen molar-refractivity contribution in [3.8, 4) is 0 Å². The molecule has 1 aliphatic heterocycles. The quantitative estimate of drug-likeness (QED) is 0.355. The molecular weight excluding hydrogens is 413 g/mol. The standard InChI is InChI=1S/C18H37N5.HI/c1-6-19-18(20-13-15(4)22(5)17-7-8-17)21-16-9-11-23(12-10-16)14(2)3;/h14-17H,6-13H2,1-5H3,(H2,19,20,21);1H. The van der Waals surface area contributed by atoms with Crippen molar-refractivity contribution in [2.45, 2.75) is 77.5 Å². The number of guanidine groups is 1. The monoisotopic (exact) mass is 451 g/mol. The Bertz CT molecular complexity index is 376. The third-order valence-corrected chi connectivity index (χ3v) is 5.28. The van der Waals surface area contributed by atoms with Crippen molar-refractivity contribution in [2.75, 3.05) is 33.2 Å². The van der Waals surface area contributed by atoms with Crippen LogP contribution >= 0.6 is 24.0 Å². The number of hydrogen-bond donors (Lipinski definition) is 2. The predicted octanol–water partition coefficient (Wildman–Crippen LogP) is 2.52. The average molecular weight is 451 g/mol. The normalized spacial score (nSPS) is 21.7. The lowest BCUT2D eigenvalue weighted by molar-refractivity contribution is 0.167. The van der Waals surface area contributed by atoms with Gasteiger partial charge in [0.25, 0.3) is 0 Å². The van der Waals surface area contributed by atoms with Gasteiger partial charge >= 0.3 is 0 Å². The molecule has 6 heteroatoms. The van der Waals surface area contributed by atoms with Gasteiger partial charge in [0.1, 0.15) is 0 Å². The fourth-order valence-corrected chi connectivity index (χ4v) is 3.27. The molecule has 0 aromatic rings. The van der Waals surface area contributed by atoms with Crippen LogP contribution in [-0.2, 0) is 0 Å². The van der Waals surface area contributed by atoms with Gasteiger partial charge in [0, 0.05) is 43.8 Å². The summed E-state index contributed by atoms with van der Waals surface area (Å²) in [5.74, 6) is 0.992. The second kappa shape index (κ2) is 10.8. The molecule has 0 spiro atoms. The van der Waals surface area contributed by atoms with Crippen LogP contribution in [0, 0.1) is 0 Å². The molecule has 0 radical (unpaired) electrons. The fourth-order valence-electron chi connectivity index (χ4n) is 3.27. The van der Waals surface area contributed by atoms with E-state index in [1.54, 1.807) is 0 Å². The van der Waals surface area contributed by atoms with E-state index in [4.69, 9.17) is 4.99 Å². The van der Waals surface area contributed by atoms with Gasteiger partial charge in [0.05, 0.1) is 6.54 Å². The molecule has 2 aliphatic rings.